The normalized spacial score (nSPS) is 23.3. The van der Waals surface area contributed by atoms with Gasteiger partial charge in [0.2, 0.25) is 5.91 Å². The van der Waals surface area contributed by atoms with Crippen LogP contribution in [0.15, 0.2) is 22.7 Å². The summed E-state index contributed by atoms with van der Waals surface area (Å²) >= 11 is 3.47. The minimum Gasteiger partial charge on any atom is -0.310 e. The van der Waals surface area contributed by atoms with Crippen LogP contribution in [0.1, 0.15) is 26.3 Å². The van der Waals surface area contributed by atoms with Crippen molar-refractivity contribution in [2.75, 3.05) is 18.0 Å². The fraction of sp³-hybridized carbons (Fsp3) is 0.533. The van der Waals surface area contributed by atoms with Crippen LogP contribution in [0.25, 0.3) is 0 Å². The van der Waals surface area contributed by atoms with Crippen molar-refractivity contribution in [1.29, 1.82) is 0 Å². The van der Waals surface area contributed by atoms with Gasteiger partial charge in [-0.1, -0.05) is 22.9 Å². The van der Waals surface area contributed by atoms with Crippen LogP contribution in [0.5, 0.6) is 0 Å². The summed E-state index contributed by atoms with van der Waals surface area (Å²) in [4.78, 5) is 14.6. The molecule has 1 aliphatic heterocycles. The predicted molar refractivity (Wildman–Crippen MR) is 82.5 cm³/mol. The second kappa shape index (κ2) is 5.25. The van der Waals surface area contributed by atoms with Gasteiger partial charge >= 0.3 is 0 Å². The summed E-state index contributed by atoms with van der Waals surface area (Å²) in [5.41, 5.74) is 1.62. The van der Waals surface area contributed by atoms with Crippen LogP contribution in [0.2, 0.25) is 0 Å². The van der Waals surface area contributed by atoms with Crippen LogP contribution in [0.4, 0.5) is 5.69 Å². The zero-order valence-corrected chi connectivity index (χ0v) is 13.5. The predicted octanol–water partition coefficient (Wildman–Crippen LogP) is 3.11. The first-order valence-corrected chi connectivity index (χ1v) is 7.43. The van der Waals surface area contributed by atoms with E-state index < -0.39 is 5.54 Å². The van der Waals surface area contributed by atoms with Gasteiger partial charge in [-0.2, -0.15) is 0 Å². The number of benzene rings is 1. The van der Waals surface area contributed by atoms with Gasteiger partial charge in [0.15, 0.2) is 0 Å². The van der Waals surface area contributed by atoms with Crippen molar-refractivity contribution in [2.45, 2.75) is 33.2 Å². The number of nitrogens with zero attached hydrogens (tertiary/aromatic N) is 1. The molecule has 1 unspecified atom stereocenters. The van der Waals surface area contributed by atoms with Gasteiger partial charge < -0.3 is 10.2 Å². The van der Waals surface area contributed by atoms with Crippen molar-refractivity contribution in [3.05, 3.63) is 28.2 Å². The second-order valence-electron chi connectivity index (χ2n) is 5.96. The molecule has 1 aliphatic rings. The Morgan fingerprint density at radius 3 is 2.74 bits per heavy atom. The van der Waals surface area contributed by atoms with Crippen molar-refractivity contribution >= 4 is 27.5 Å². The zero-order valence-electron chi connectivity index (χ0n) is 12.0. The van der Waals surface area contributed by atoms with Gasteiger partial charge in [0.05, 0.1) is 5.54 Å². The van der Waals surface area contributed by atoms with E-state index in [1.54, 1.807) is 0 Å². The summed E-state index contributed by atoms with van der Waals surface area (Å²) < 4.78 is 1.04. The minimum absolute atomic E-state index is 0.141. The van der Waals surface area contributed by atoms with E-state index in [-0.39, 0.29) is 5.91 Å². The van der Waals surface area contributed by atoms with E-state index in [2.05, 4.69) is 34.2 Å². The first-order chi connectivity index (χ1) is 8.81. The molecule has 0 saturated carbocycles. The van der Waals surface area contributed by atoms with E-state index in [0.29, 0.717) is 5.92 Å². The lowest BCUT2D eigenvalue weighted by molar-refractivity contribution is -0.123. The molecular formula is C15H21BrN2O. The molecule has 1 saturated heterocycles. The number of hydrogen-bond acceptors (Lipinski definition) is 2. The van der Waals surface area contributed by atoms with E-state index >= 15 is 0 Å². The first-order valence-electron chi connectivity index (χ1n) is 6.64. The lowest BCUT2D eigenvalue weighted by Gasteiger charge is -2.30. The van der Waals surface area contributed by atoms with Crippen molar-refractivity contribution in [3.63, 3.8) is 0 Å². The number of rotatable bonds is 1. The van der Waals surface area contributed by atoms with E-state index in [4.69, 9.17) is 0 Å². The third-order valence-electron chi connectivity index (χ3n) is 3.62. The van der Waals surface area contributed by atoms with Crippen LogP contribution in [-0.2, 0) is 4.79 Å². The van der Waals surface area contributed by atoms with E-state index in [1.807, 2.05) is 37.8 Å². The minimum atomic E-state index is -0.510. The fourth-order valence-electron chi connectivity index (χ4n) is 2.43. The quantitative estimate of drug-likeness (QED) is 0.860. The summed E-state index contributed by atoms with van der Waals surface area (Å²) in [6.07, 6.45) is 0. The Kier molecular flexibility index (Phi) is 4.02. The van der Waals surface area contributed by atoms with Crippen LogP contribution in [-0.4, -0.2) is 24.5 Å². The summed E-state index contributed by atoms with van der Waals surface area (Å²) in [5, 5.41) is 3.35. The van der Waals surface area contributed by atoms with Crippen LogP contribution < -0.4 is 10.2 Å². The summed E-state index contributed by atoms with van der Waals surface area (Å²) in [6.45, 7) is 9.75. The molecule has 0 bridgehead atoms. The standard InChI is InChI=1S/C15H21BrN2O/c1-10-8-17-15(3,4)14(19)18(9-10)13-6-5-12(16)7-11(13)2/h5-7,10,17H,8-9H2,1-4H3. The number of halogens is 1. The number of amides is 1. The van der Waals surface area contributed by atoms with Gasteiger partial charge in [-0.05, 0) is 50.5 Å². The maximum Gasteiger partial charge on any atom is 0.246 e. The number of anilines is 1. The highest BCUT2D eigenvalue weighted by Gasteiger charge is 2.36. The lowest BCUT2D eigenvalue weighted by Crippen LogP contribution is -2.52. The molecule has 104 valence electrons. The molecule has 1 atom stereocenters. The Labute approximate surface area is 123 Å². The molecule has 1 heterocycles. The number of aryl methyl sites for hydroxylation is 1. The highest BCUT2D eigenvalue weighted by atomic mass is 79.9. The third-order valence-corrected chi connectivity index (χ3v) is 4.11. The fourth-order valence-corrected chi connectivity index (χ4v) is 2.91. The molecule has 2 rings (SSSR count). The number of hydrogen-bond donors (Lipinski definition) is 1. The third kappa shape index (κ3) is 3.00. The molecule has 3 nitrogen and oxygen atoms in total. The Balaban J connectivity index is 2.42. The SMILES string of the molecule is Cc1cc(Br)ccc1N1CC(C)CNC(C)(C)C1=O. The maximum absolute atomic E-state index is 12.7. The van der Waals surface area contributed by atoms with Gasteiger partial charge in [-0.25, -0.2) is 0 Å². The van der Waals surface area contributed by atoms with E-state index in [1.165, 1.54) is 0 Å². The van der Waals surface area contributed by atoms with Crippen LogP contribution in [0, 0.1) is 12.8 Å². The van der Waals surface area contributed by atoms with Crippen molar-refractivity contribution in [3.8, 4) is 0 Å². The monoisotopic (exact) mass is 324 g/mol. The molecule has 1 N–H and O–H groups in total. The molecule has 19 heavy (non-hydrogen) atoms. The Morgan fingerprint density at radius 1 is 1.42 bits per heavy atom. The zero-order chi connectivity index (χ0) is 14.2. The topological polar surface area (TPSA) is 32.3 Å². The molecule has 0 aromatic heterocycles. The van der Waals surface area contributed by atoms with Gasteiger partial charge in [0, 0.05) is 23.2 Å². The molecule has 1 aromatic carbocycles. The van der Waals surface area contributed by atoms with Crippen molar-refractivity contribution in [1.82, 2.24) is 5.32 Å². The highest BCUT2D eigenvalue weighted by Crippen LogP contribution is 2.28. The van der Waals surface area contributed by atoms with Crippen LogP contribution >= 0.6 is 15.9 Å². The summed E-state index contributed by atoms with van der Waals surface area (Å²) in [6, 6.07) is 6.07. The summed E-state index contributed by atoms with van der Waals surface area (Å²) in [5.74, 6) is 0.580. The average molecular weight is 325 g/mol. The Bertz CT molecular complexity index is 499. The highest BCUT2D eigenvalue weighted by molar-refractivity contribution is 9.10. The molecule has 4 heteroatoms. The Hall–Kier alpha value is -0.870. The number of nitrogens with one attached hydrogen (secondary N) is 1. The largest absolute Gasteiger partial charge is 0.310 e. The molecule has 0 aliphatic carbocycles. The maximum atomic E-state index is 12.7. The molecule has 0 spiro atoms. The van der Waals surface area contributed by atoms with Crippen molar-refractivity contribution in [2.24, 2.45) is 5.92 Å². The smallest absolute Gasteiger partial charge is 0.246 e. The second-order valence-corrected chi connectivity index (χ2v) is 6.87. The van der Waals surface area contributed by atoms with E-state index in [0.717, 1.165) is 28.8 Å². The lowest BCUT2D eigenvalue weighted by atomic mass is 10.0. The van der Waals surface area contributed by atoms with Gasteiger partial charge in [-0.3, -0.25) is 4.79 Å². The van der Waals surface area contributed by atoms with E-state index in [9.17, 15) is 4.79 Å². The Morgan fingerprint density at radius 2 is 2.11 bits per heavy atom. The molecule has 1 amide bonds. The molecular weight excluding hydrogens is 304 g/mol. The number of carbonyl (C=O) groups is 1. The van der Waals surface area contributed by atoms with Gasteiger partial charge in [0.25, 0.3) is 0 Å². The first kappa shape index (κ1) is 14.5. The van der Waals surface area contributed by atoms with Gasteiger partial charge in [-0.15, -0.1) is 0 Å². The average Bonchev–Trinajstić information content (AvgIpc) is 2.42. The van der Waals surface area contributed by atoms with Gasteiger partial charge in [0.1, 0.15) is 0 Å². The van der Waals surface area contributed by atoms with Crippen LogP contribution in [0.3, 0.4) is 0 Å². The molecule has 1 aromatic rings. The van der Waals surface area contributed by atoms with Crippen molar-refractivity contribution < 1.29 is 4.79 Å². The molecule has 0 radical (unpaired) electrons. The summed E-state index contributed by atoms with van der Waals surface area (Å²) in [7, 11) is 0. The molecule has 1 fully saturated rings. The number of carbonyl (C=O) groups excluding carboxylic acids is 1.